The zero-order valence-corrected chi connectivity index (χ0v) is 35.4. The first kappa shape index (κ1) is 39.6. The van der Waals surface area contributed by atoms with E-state index < -0.39 is 35.6 Å². The van der Waals surface area contributed by atoms with Gasteiger partial charge in [-0.15, -0.1) is 0 Å². The van der Waals surface area contributed by atoms with E-state index in [4.69, 9.17) is 46.4 Å². The maximum atomic E-state index is 14.5. The number of aromatic carboxylic acids is 2. The normalized spacial score (nSPS) is 14.5. The van der Waals surface area contributed by atoms with Crippen molar-refractivity contribution in [1.82, 2.24) is 8.97 Å². The summed E-state index contributed by atoms with van der Waals surface area (Å²) < 4.78 is 0.148. The van der Waals surface area contributed by atoms with Crippen molar-refractivity contribution in [2.24, 2.45) is 0 Å². The highest BCUT2D eigenvalue weighted by Crippen LogP contribution is 2.54. The molecule has 60 heavy (non-hydrogen) atoms. The largest absolute Gasteiger partial charge is 0.477 e. The van der Waals surface area contributed by atoms with Gasteiger partial charge in [0, 0.05) is 75.3 Å². The molecule has 7 aromatic rings. The minimum absolute atomic E-state index is 0.000232. The molecule has 2 N–H and O–H groups in total. The molecule has 7 aromatic carbocycles. The maximum absolute atomic E-state index is 14.5. The smallest absolute Gasteiger partial charge is 0.341 e. The molecule has 0 bridgehead atoms. The average molecular weight is 885 g/mol. The van der Waals surface area contributed by atoms with Gasteiger partial charge in [0.1, 0.15) is 22.5 Å². The first-order chi connectivity index (χ1) is 28.0. The van der Waals surface area contributed by atoms with Gasteiger partial charge in [-0.3, -0.25) is 28.1 Å². The Bertz CT molecular complexity index is 2930. The van der Waals surface area contributed by atoms with Crippen LogP contribution in [0.15, 0.2) is 60.7 Å². The zero-order valence-electron chi connectivity index (χ0n) is 32.4. The molecule has 0 spiro atoms. The molecule has 16 heteroatoms. The third kappa shape index (κ3) is 5.32. The van der Waals surface area contributed by atoms with Gasteiger partial charge in [0.15, 0.2) is 0 Å². The fraction of sp³-hybridized carbons (Fsp3) is 0.136. The summed E-state index contributed by atoms with van der Waals surface area (Å²) in [6, 6.07) is 14.2. The molecule has 300 valence electrons. The van der Waals surface area contributed by atoms with E-state index in [0.717, 1.165) is 9.80 Å². The van der Waals surface area contributed by atoms with Gasteiger partial charge in [-0.2, -0.15) is 0 Å². The van der Waals surface area contributed by atoms with E-state index in [9.17, 15) is 39.0 Å². The molecule has 2 aliphatic rings. The van der Waals surface area contributed by atoms with Crippen molar-refractivity contribution in [1.29, 1.82) is 0 Å². The van der Waals surface area contributed by atoms with Gasteiger partial charge in [-0.25, -0.2) is 19.4 Å². The van der Waals surface area contributed by atoms with Crippen molar-refractivity contribution >= 4 is 148 Å². The number of quaternary nitrogens is 2. The SMILES string of the molecule is C[N+](C)(C)c1cc(N2C(=O)c3cc(Cl)c4c5c(Cl)cc6c7c(cc(Cl)c(c8c(Cl)cc(c3c48)C2=O)c75)C(=O)N(c2ccc(C(=O)O)c([N+](C)(C)C)c2)C6=O)ccc1C(=O)O. The van der Waals surface area contributed by atoms with Crippen molar-refractivity contribution in [2.75, 3.05) is 52.1 Å². The average Bonchev–Trinajstić information content (AvgIpc) is 3.16. The minimum atomic E-state index is -1.17. The molecular formula is C44H30Cl4N4O8+2. The van der Waals surface area contributed by atoms with E-state index in [1.165, 1.54) is 60.7 Å². The predicted octanol–water partition coefficient (Wildman–Crippen LogP) is 9.74. The second-order valence-corrected chi connectivity index (χ2v) is 18.2. The second-order valence-electron chi connectivity index (χ2n) is 16.6. The number of fused-ring (bicyclic) bond motifs is 2. The number of rotatable bonds is 6. The molecule has 2 aliphatic heterocycles. The molecule has 12 nitrogen and oxygen atoms in total. The Morgan fingerprint density at radius 1 is 0.433 bits per heavy atom. The summed E-state index contributed by atoms with van der Waals surface area (Å²) in [5, 5.41) is 22.3. The highest BCUT2D eigenvalue weighted by atomic mass is 35.5. The van der Waals surface area contributed by atoms with Gasteiger partial charge >= 0.3 is 11.9 Å². The van der Waals surface area contributed by atoms with Crippen molar-refractivity contribution < 1.29 is 39.0 Å². The van der Waals surface area contributed by atoms with Crippen molar-refractivity contribution in [2.45, 2.75) is 0 Å². The number of carbonyl (C=O) groups excluding carboxylic acids is 4. The van der Waals surface area contributed by atoms with Gasteiger partial charge in [-0.05, 0) is 48.5 Å². The Labute approximate surface area is 360 Å². The maximum Gasteiger partial charge on any atom is 0.341 e. The molecule has 2 heterocycles. The number of imide groups is 2. The van der Waals surface area contributed by atoms with Crippen molar-refractivity contribution in [3.8, 4) is 0 Å². The summed E-state index contributed by atoms with van der Waals surface area (Å²) in [5.74, 6) is -5.24. The van der Waals surface area contributed by atoms with Gasteiger partial charge in [0.05, 0.1) is 75.9 Å². The monoisotopic (exact) mass is 882 g/mol. The Morgan fingerprint density at radius 3 is 0.933 bits per heavy atom. The molecule has 0 saturated heterocycles. The molecule has 9 rings (SSSR count). The molecule has 0 saturated carbocycles. The van der Waals surface area contributed by atoms with Crippen molar-refractivity contribution in [3.05, 3.63) is 114 Å². The summed E-state index contributed by atoms with van der Waals surface area (Å²) in [6.07, 6.45) is 0. The van der Waals surface area contributed by atoms with E-state index in [2.05, 4.69) is 0 Å². The van der Waals surface area contributed by atoms with Gasteiger partial charge < -0.3 is 10.2 Å². The van der Waals surface area contributed by atoms with E-state index in [1.807, 2.05) is 0 Å². The molecule has 0 aliphatic carbocycles. The predicted molar refractivity (Wildman–Crippen MR) is 236 cm³/mol. The molecular weight excluding hydrogens is 854 g/mol. The fourth-order valence-corrected chi connectivity index (χ4v) is 9.91. The summed E-state index contributed by atoms with van der Waals surface area (Å²) in [5.41, 5.74) is 1.20. The molecule has 0 fully saturated rings. The number of amides is 4. The lowest BCUT2D eigenvalue weighted by atomic mass is 9.82. The summed E-state index contributed by atoms with van der Waals surface area (Å²) in [6.45, 7) is 0. The van der Waals surface area contributed by atoms with Gasteiger partial charge in [0.25, 0.3) is 23.6 Å². The van der Waals surface area contributed by atoms with Gasteiger partial charge in [0.2, 0.25) is 0 Å². The first-order valence-electron chi connectivity index (χ1n) is 18.2. The lowest BCUT2D eigenvalue weighted by Gasteiger charge is -2.32. The number of benzene rings is 7. The summed E-state index contributed by atoms with van der Waals surface area (Å²) in [7, 11) is 10.6. The summed E-state index contributed by atoms with van der Waals surface area (Å²) in [4.78, 5) is 84.3. The Morgan fingerprint density at radius 2 is 0.700 bits per heavy atom. The second kappa shape index (κ2) is 12.8. The van der Waals surface area contributed by atoms with Crippen LogP contribution in [0.1, 0.15) is 62.1 Å². The van der Waals surface area contributed by atoms with Crippen LogP contribution in [0, 0.1) is 0 Å². The molecule has 0 unspecified atom stereocenters. The Kier molecular flexibility index (Phi) is 8.46. The van der Waals surface area contributed by atoms with Crippen LogP contribution >= 0.6 is 46.4 Å². The van der Waals surface area contributed by atoms with E-state index in [1.54, 1.807) is 42.3 Å². The standard InChI is InChI=1S/C44H28Cl4N4O8/c1-51(2,3)29-11-17(7-9-19(29)43(57)58)49-39(53)21-13-25(45)33-35-27(47)15-23-32-24(16-28(48)36(38(32)35)34-26(46)14-22(40(49)54)31(21)37(33)34)42(56)50(41(23)55)18-8-10-20(44(59)60)30(12-18)52(4,5)6/h7-16H,1-6H3/p+2. The number of carboxylic acid groups (broad SMARTS) is 2. The number of carboxylic acids is 2. The van der Waals surface area contributed by atoms with Crippen LogP contribution in [0.4, 0.5) is 22.7 Å². The topological polar surface area (TPSA) is 149 Å². The number of nitrogens with zero attached hydrogens (tertiary/aromatic N) is 4. The van der Waals surface area contributed by atoms with Crippen LogP contribution in [-0.4, -0.2) is 88.1 Å². The fourth-order valence-electron chi connectivity index (χ4n) is 8.72. The number of halogens is 4. The molecule has 0 aromatic heterocycles. The van der Waals surface area contributed by atoms with Crippen molar-refractivity contribution in [3.63, 3.8) is 0 Å². The highest BCUT2D eigenvalue weighted by Gasteiger charge is 2.41. The Hall–Kier alpha value is -5.86. The summed E-state index contributed by atoms with van der Waals surface area (Å²) >= 11 is 28.6. The van der Waals surface area contributed by atoms with Gasteiger partial charge in [-0.1, -0.05) is 46.4 Å². The molecule has 0 atom stereocenters. The first-order valence-corrected chi connectivity index (χ1v) is 19.7. The van der Waals surface area contributed by atoms with Crippen LogP contribution in [0.5, 0.6) is 0 Å². The third-order valence-electron chi connectivity index (χ3n) is 11.2. The number of carbonyl (C=O) groups is 6. The third-order valence-corrected chi connectivity index (χ3v) is 12.4. The number of anilines is 2. The van der Waals surface area contributed by atoms with Crippen LogP contribution in [0.3, 0.4) is 0 Å². The number of hydrogen-bond acceptors (Lipinski definition) is 6. The quantitative estimate of drug-likeness (QED) is 0.0726. The van der Waals surface area contributed by atoms with Crippen LogP contribution in [0.2, 0.25) is 20.1 Å². The molecule has 4 amide bonds. The number of hydrogen-bond donors (Lipinski definition) is 2. The Balaban J connectivity index is 1.31. The minimum Gasteiger partial charge on any atom is -0.477 e. The van der Waals surface area contributed by atoms with E-state index in [0.29, 0.717) is 43.7 Å². The highest BCUT2D eigenvalue weighted by molar-refractivity contribution is 6.57. The van der Waals surface area contributed by atoms with E-state index in [-0.39, 0.29) is 84.6 Å². The van der Waals surface area contributed by atoms with Crippen LogP contribution < -0.4 is 18.8 Å². The van der Waals surface area contributed by atoms with Crippen LogP contribution in [-0.2, 0) is 0 Å². The lowest BCUT2D eigenvalue weighted by molar-refractivity contribution is 0.0685. The lowest BCUT2D eigenvalue weighted by Crippen LogP contribution is -2.41. The molecule has 0 radical (unpaired) electrons. The van der Waals surface area contributed by atoms with Crippen LogP contribution in [0.25, 0.3) is 43.1 Å². The zero-order chi connectivity index (χ0) is 43.4. The van der Waals surface area contributed by atoms with E-state index >= 15 is 0 Å².